The van der Waals surface area contributed by atoms with Crippen LogP contribution >= 0.6 is 11.6 Å². The van der Waals surface area contributed by atoms with E-state index in [4.69, 9.17) is 11.6 Å². The normalized spacial score (nSPS) is 14.4. The molecule has 1 aliphatic heterocycles. The van der Waals surface area contributed by atoms with E-state index in [1.54, 1.807) is 17.0 Å². The summed E-state index contributed by atoms with van der Waals surface area (Å²) in [6.07, 6.45) is -0.804. The number of nitrogens with one attached hydrogen (secondary N) is 1. The zero-order chi connectivity index (χ0) is 23.3. The van der Waals surface area contributed by atoms with Crippen molar-refractivity contribution in [3.63, 3.8) is 0 Å². The fourth-order valence-corrected chi connectivity index (χ4v) is 3.62. The first-order valence-electron chi connectivity index (χ1n) is 10.4. The van der Waals surface area contributed by atoms with Crippen LogP contribution in [0.25, 0.3) is 0 Å². The highest BCUT2D eigenvalue weighted by molar-refractivity contribution is 6.30. The van der Waals surface area contributed by atoms with E-state index in [1.165, 1.54) is 17.2 Å². The van der Waals surface area contributed by atoms with Crippen molar-refractivity contribution in [2.75, 3.05) is 31.2 Å². The van der Waals surface area contributed by atoms with Crippen molar-refractivity contribution in [3.8, 4) is 0 Å². The van der Waals surface area contributed by atoms with Crippen molar-refractivity contribution in [3.05, 3.63) is 58.2 Å². The number of halogens is 4. The van der Waals surface area contributed by atoms with Gasteiger partial charge in [-0.25, -0.2) is 4.98 Å². The molecule has 1 aromatic heterocycles. The number of pyridine rings is 1. The molecule has 10 heteroatoms. The van der Waals surface area contributed by atoms with Gasteiger partial charge in [0.1, 0.15) is 5.82 Å². The van der Waals surface area contributed by atoms with Gasteiger partial charge in [0.2, 0.25) is 0 Å². The Balaban J connectivity index is 1.72. The Morgan fingerprint density at radius 3 is 2.62 bits per heavy atom. The third-order valence-corrected chi connectivity index (χ3v) is 5.39. The first-order chi connectivity index (χ1) is 15.2. The molecule has 1 fully saturated rings. The molecule has 0 atom stereocenters. The van der Waals surface area contributed by atoms with Gasteiger partial charge in [-0.05, 0) is 43.2 Å². The monoisotopic (exact) mass is 468 g/mol. The third-order valence-electron chi connectivity index (χ3n) is 5.15. The predicted molar refractivity (Wildman–Crippen MR) is 116 cm³/mol. The average molecular weight is 469 g/mol. The zero-order valence-electron chi connectivity index (χ0n) is 17.6. The molecule has 2 amide bonds. The number of rotatable bonds is 6. The SMILES string of the molecule is CCCCNC(=O)c1ccc(N2CCCN(C(=O)c3ccc(Cl)cc3C(F)(F)F)C2)nc1. The van der Waals surface area contributed by atoms with Gasteiger partial charge in [0, 0.05) is 30.9 Å². The van der Waals surface area contributed by atoms with E-state index in [2.05, 4.69) is 10.3 Å². The van der Waals surface area contributed by atoms with Crippen molar-refractivity contribution in [1.29, 1.82) is 0 Å². The first-order valence-corrected chi connectivity index (χ1v) is 10.7. The Bertz CT molecular complexity index is 967. The fraction of sp³-hybridized carbons (Fsp3) is 0.409. The Labute approximate surface area is 189 Å². The van der Waals surface area contributed by atoms with Crippen molar-refractivity contribution in [1.82, 2.24) is 15.2 Å². The van der Waals surface area contributed by atoms with Gasteiger partial charge < -0.3 is 15.1 Å². The molecule has 0 saturated carbocycles. The predicted octanol–water partition coefficient (Wildman–Crippen LogP) is 4.59. The summed E-state index contributed by atoms with van der Waals surface area (Å²) < 4.78 is 40.2. The van der Waals surface area contributed by atoms with E-state index in [9.17, 15) is 22.8 Å². The number of alkyl halides is 3. The van der Waals surface area contributed by atoms with Crippen LogP contribution in [0.1, 0.15) is 52.5 Å². The van der Waals surface area contributed by atoms with E-state index in [0.717, 1.165) is 25.0 Å². The number of carbonyl (C=O) groups is 2. The van der Waals surface area contributed by atoms with Crippen LogP contribution in [0.2, 0.25) is 5.02 Å². The highest BCUT2D eigenvalue weighted by Crippen LogP contribution is 2.34. The number of hydrogen-bond donors (Lipinski definition) is 1. The molecule has 1 aliphatic rings. The minimum Gasteiger partial charge on any atom is -0.352 e. The second kappa shape index (κ2) is 10.2. The Morgan fingerprint density at radius 2 is 1.97 bits per heavy atom. The summed E-state index contributed by atoms with van der Waals surface area (Å²) in [5.74, 6) is -0.388. The number of hydrogen-bond acceptors (Lipinski definition) is 4. The summed E-state index contributed by atoms with van der Waals surface area (Å²) >= 11 is 5.72. The van der Waals surface area contributed by atoms with Crippen LogP contribution in [0.5, 0.6) is 0 Å². The molecule has 32 heavy (non-hydrogen) atoms. The molecule has 0 bridgehead atoms. The van der Waals surface area contributed by atoms with Gasteiger partial charge in [0.25, 0.3) is 11.8 Å². The lowest BCUT2D eigenvalue weighted by Crippen LogP contribution is -2.48. The van der Waals surface area contributed by atoms with Gasteiger partial charge in [0.05, 0.1) is 23.4 Å². The van der Waals surface area contributed by atoms with Crippen molar-refractivity contribution in [2.24, 2.45) is 0 Å². The maximum Gasteiger partial charge on any atom is 0.417 e. The highest BCUT2D eigenvalue weighted by atomic mass is 35.5. The summed E-state index contributed by atoms with van der Waals surface area (Å²) in [5.41, 5.74) is -1.06. The smallest absolute Gasteiger partial charge is 0.352 e. The van der Waals surface area contributed by atoms with Crippen LogP contribution in [0.3, 0.4) is 0 Å². The zero-order valence-corrected chi connectivity index (χ0v) is 18.3. The standard InChI is InChI=1S/C22H24ClF3N4O2/c1-2-3-9-27-20(31)15-5-8-19(28-13-15)29-10-4-11-30(14-29)21(32)17-7-6-16(23)12-18(17)22(24,25)26/h5-8,12-13H,2-4,9-11,14H2,1H3,(H,27,31). The van der Waals surface area contributed by atoms with Crippen LogP contribution in [0.4, 0.5) is 19.0 Å². The molecular weight excluding hydrogens is 445 g/mol. The van der Waals surface area contributed by atoms with Crippen molar-refractivity contribution >= 4 is 29.2 Å². The lowest BCUT2D eigenvalue weighted by atomic mass is 10.1. The van der Waals surface area contributed by atoms with Gasteiger partial charge in [-0.15, -0.1) is 0 Å². The minimum atomic E-state index is -4.69. The fourth-order valence-electron chi connectivity index (χ4n) is 3.45. The number of unbranched alkanes of at least 4 members (excludes halogenated alkanes) is 1. The number of amides is 2. The summed E-state index contributed by atoms with van der Waals surface area (Å²) in [5, 5.41) is 2.73. The minimum absolute atomic E-state index is 0.0860. The second-order valence-corrected chi connectivity index (χ2v) is 7.97. The first kappa shape index (κ1) is 23.8. The number of aromatic nitrogens is 1. The van der Waals surface area contributed by atoms with Gasteiger partial charge >= 0.3 is 6.18 Å². The van der Waals surface area contributed by atoms with Crippen LogP contribution < -0.4 is 10.2 Å². The maximum atomic E-state index is 13.4. The summed E-state index contributed by atoms with van der Waals surface area (Å²) in [4.78, 5) is 32.5. The van der Waals surface area contributed by atoms with Crippen molar-refractivity contribution in [2.45, 2.75) is 32.4 Å². The molecule has 6 nitrogen and oxygen atoms in total. The molecule has 1 saturated heterocycles. The van der Waals surface area contributed by atoms with Crippen LogP contribution in [0, 0.1) is 0 Å². The molecular formula is C22H24ClF3N4O2. The number of nitrogens with zero attached hydrogens (tertiary/aromatic N) is 3. The van der Waals surface area contributed by atoms with E-state index >= 15 is 0 Å². The molecule has 0 radical (unpaired) electrons. The Kier molecular flexibility index (Phi) is 7.60. The number of anilines is 1. The molecule has 0 unspecified atom stereocenters. The molecule has 0 spiro atoms. The van der Waals surface area contributed by atoms with E-state index < -0.39 is 23.2 Å². The molecule has 3 rings (SSSR count). The van der Waals surface area contributed by atoms with Gasteiger partial charge in [0.15, 0.2) is 0 Å². The lowest BCUT2D eigenvalue weighted by Gasteiger charge is -2.36. The summed E-state index contributed by atoms with van der Waals surface area (Å²) in [6, 6.07) is 6.47. The van der Waals surface area contributed by atoms with Crippen LogP contribution in [0.15, 0.2) is 36.5 Å². The molecule has 0 aliphatic carbocycles. The molecule has 172 valence electrons. The quantitative estimate of drug-likeness (QED) is 0.629. The third kappa shape index (κ3) is 5.70. The van der Waals surface area contributed by atoms with E-state index in [1.807, 2.05) is 6.92 Å². The van der Waals surface area contributed by atoms with Crippen LogP contribution in [-0.4, -0.2) is 48.0 Å². The molecule has 1 aromatic carbocycles. The highest BCUT2D eigenvalue weighted by Gasteiger charge is 2.37. The maximum absolute atomic E-state index is 13.4. The van der Waals surface area contributed by atoms with E-state index in [-0.39, 0.29) is 17.6 Å². The lowest BCUT2D eigenvalue weighted by molar-refractivity contribution is -0.138. The summed E-state index contributed by atoms with van der Waals surface area (Å²) in [6.45, 7) is 3.63. The molecule has 2 heterocycles. The summed E-state index contributed by atoms with van der Waals surface area (Å²) in [7, 11) is 0. The topological polar surface area (TPSA) is 65.5 Å². The largest absolute Gasteiger partial charge is 0.417 e. The van der Waals surface area contributed by atoms with Gasteiger partial charge in [-0.2, -0.15) is 13.2 Å². The van der Waals surface area contributed by atoms with Crippen molar-refractivity contribution < 1.29 is 22.8 Å². The second-order valence-electron chi connectivity index (χ2n) is 7.53. The Hall–Kier alpha value is -2.81. The molecule has 2 aromatic rings. The van der Waals surface area contributed by atoms with E-state index in [0.29, 0.717) is 37.4 Å². The average Bonchev–Trinajstić information content (AvgIpc) is 2.78. The Morgan fingerprint density at radius 1 is 1.19 bits per heavy atom. The van der Waals surface area contributed by atoms with Gasteiger partial charge in [-0.3, -0.25) is 9.59 Å². The van der Waals surface area contributed by atoms with Gasteiger partial charge in [-0.1, -0.05) is 24.9 Å². The number of benzene rings is 1. The molecule has 1 N–H and O–H groups in total. The number of carbonyl (C=O) groups excluding carboxylic acids is 2. The van der Waals surface area contributed by atoms with Crippen LogP contribution in [-0.2, 0) is 6.18 Å².